The third-order valence-electron chi connectivity index (χ3n) is 11.0. The smallest absolute Gasteiger partial charge is 0.309 e. The highest BCUT2D eigenvalue weighted by Crippen LogP contribution is 2.67. The number of esters is 1. The van der Waals surface area contributed by atoms with Crippen LogP contribution in [-0.4, -0.2) is 17.9 Å². The van der Waals surface area contributed by atoms with E-state index in [9.17, 15) is 9.59 Å². The van der Waals surface area contributed by atoms with Crippen molar-refractivity contribution in [1.29, 1.82) is 0 Å². The molecule has 3 heteroatoms. The molecule has 0 N–H and O–H groups in total. The summed E-state index contributed by atoms with van der Waals surface area (Å²) in [7, 11) is 0. The van der Waals surface area contributed by atoms with E-state index in [0.717, 1.165) is 31.2 Å². The Balaban J connectivity index is 1.26. The molecule has 3 nitrogen and oxygen atoms in total. The summed E-state index contributed by atoms with van der Waals surface area (Å²) >= 11 is 0. The van der Waals surface area contributed by atoms with Crippen molar-refractivity contribution in [1.82, 2.24) is 0 Å². The fourth-order valence-corrected chi connectivity index (χ4v) is 9.01. The summed E-state index contributed by atoms with van der Waals surface area (Å²) in [4.78, 5) is 27.2. The number of ether oxygens (including phenoxy) is 1. The SMILES string of the molecule is CC1(C)[C@H]2CC[C@]1(C)[C@H](OC(=O)[C@@H]1[C@H]3C[C@@H]4C[C@H](C3)[C@H](C(=O)c3ccccc3)[C@H]1C4)C2. The fraction of sp³-hybridized carbons (Fsp3) is 0.714. The molecule has 31 heavy (non-hydrogen) atoms. The standard InChI is InChI=1S/C28H36O3/c1-27(2)20-9-10-28(27,3)22(15-20)31-26(30)24-19-12-16-11-18(14-19)23(21(24)13-16)25(29)17-7-5-4-6-8-17/h4-8,16,18-24H,9-15H2,1-3H3/t16-,18+,19-,20-,21+,22+,23-,24+,28+/m0/s1. The monoisotopic (exact) mass is 420 g/mol. The van der Waals surface area contributed by atoms with E-state index in [1.807, 2.05) is 30.3 Å². The van der Waals surface area contributed by atoms with Crippen molar-refractivity contribution in [2.24, 2.45) is 52.3 Å². The lowest BCUT2D eigenvalue weighted by Gasteiger charge is -2.57. The molecule has 6 aliphatic carbocycles. The van der Waals surface area contributed by atoms with Crippen LogP contribution in [0.3, 0.4) is 0 Å². The van der Waals surface area contributed by atoms with Gasteiger partial charge in [-0.25, -0.2) is 0 Å². The van der Waals surface area contributed by atoms with Crippen molar-refractivity contribution in [3.63, 3.8) is 0 Å². The van der Waals surface area contributed by atoms with E-state index >= 15 is 0 Å². The lowest BCUT2D eigenvalue weighted by molar-refractivity contribution is -0.178. The molecule has 0 saturated heterocycles. The van der Waals surface area contributed by atoms with Gasteiger partial charge in [0, 0.05) is 16.9 Å². The number of carbonyl (C=O) groups excluding carboxylic acids is 2. The first kappa shape index (κ1) is 20.0. The minimum absolute atomic E-state index is 0.000179. The van der Waals surface area contributed by atoms with Crippen LogP contribution in [0.5, 0.6) is 0 Å². The van der Waals surface area contributed by atoms with Crippen LogP contribution in [0.25, 0.3) is 0 Å². The Kier molecular flexibility index (Phi) is 4.31. The summed E-state index contributed by atoms with van der Waals surface area (Å²) in [5.41, 5.74) is 1.15. The van der Waals surface area contributed by atoms with Gasteiger partial charge < -0.3 is 4.74 Å². The Bertz CT molecular complexity index is 904. The summed E-state index contributed by atoms with van der Waals surface area (Å²) < 4.78 is 6.39. The maximum atomic E-state index is 13.7. The Morgan fingerprint density at radius 2 is 1.61 bits per heavy atom. The van der Waals surface area contributed by atoms with Crippen LogP contribution in [0.4, 0.5) is 0 Å². The zero-order valence-corrected chi connectivity index (χ0v) is 19.2. The zero-order valence-electron chi connectivity index (χ0n) is 19.2. The molecule has 1 aromatic rings. The van der Waals surface area contributed by atoms with Gasteiger partial charge in [0.2, 0.25) is 0 Å². The number of benzene rings is 1. The van der Waals surface area contributed by atoms with Gasteiger partial charge in [0.05, 0.1) is 5.92 Å². The number of hydrogen-bond donors (Lipinski definition) is 0. The molecule has 0 amide bonds. The van der Waals surface area contributed by atoms with Crippen LogP contribution >= 0.6 is 0 Å². The number of fused-ring (bicyclic) bond motifs is 2. The molecule has 7 rings (SSSR count). The molecule has 6 aliphatic rings. The van der Waals surface area contributed by atoms with Crippen LogP contribution < -0.4 is 0 Å². The molecular formula is C28H36O3. The highest BCUT2D eigenvalue weighted by molar-refractivity contribution is 5.98. The first-order valence-electron chi connectivity index (χ1n) is 12.6. The summed E-state index contributed by atoms with van der Waals surface area (Å²) in [5, 5.41) is 0. The average molecular weight is 421 g/mol. The first-order valence-corrected chi connectivity index (χ1v) is 12.6. The van der Waals surface area contributed by atoms with Gasteiger partial charge in [-0.3, -0.25) is 9.59 Å². The molecule has 0 aliphatic heterocycles. The molecule has 0 heterocycles. The summed E-state index contributed by atoms with van der Waals surface area (Å²) in [5.74, 6) is 2.65. The van der Waals surface area contributed by atoms with Crippen LogP contribution in [0, 0.1) is 52.3 Å². The maximum absolute atomic E-state index is 13.7. The second kappa shape index (κ2) is 6.68. The lowest BCUT2D eigenvalue weighted by Crippen LogP contribution is -2.56. The lowest BCUT2D eigenvalue weighted by atomic mass is 9.47. The van der Waals surface area contributed by atoms with E-state index in [0.29, 0.717) is 23.7 Å². The van der Waals surface area contributed by atoms with Crippen molar-refractivity contribution < 1.29 is 14.3 Å². The van der Waals surface area contributed by atoms with Crippen LogP contribution in [0.15, 0.2) is 30.3 Å². The van der Waals surface area contributed by atoms with Crippen LogP contribution in [-0.2, 0) is 9.53 Å². The number of ketones is 1. The summed E-state index contributed by atoms with van der Waals surface area (Å²) in [6.45, 7) is 7.09. The molecule has 0 aromatic heterocycles. The minimum Gasteiger partial charge on any atom is -0.462 e. The van der Waals surface area contributed by atoms with Gasteiger partial charge in [-0.1, -0.05) is 51.1 Å². The van der Waals surface area contributed by atoms with Crippen LogP contribution in [0.1, 0.15) is 76.1 Å². The molecule has 1 aromatic carbocycles. The van der Waals surface area contributed by atoms with Crippen molar-refractivity contribution in [2.75, 3.05) is 0 Å². The van der Waals surface area contributed by atoms with Crippen molar-refractivity contribution in [3.8, 4) is 0 Å². The Hall–Kier alpha value is -1.64. The average Bonchev–Trinajstić information content (AvgIpc) is 3.07. The molecule has 166 valence electrons. The first-order chi connectivity index (χ1) is 14.8. The molecular weight excluding hydrogens is 384 g/mol. The second-order valence-electron chi connectivity index (χ2n) is 12.3. The Morgan fingerprint density at radius 3 is 2.26 bits per heavy atom. The third-order valence-corrected chi connectivity index (χ3v) is 11.0. The van der Waals surface area contributed by atoms with Gasteiger partial charge in [0.1, 0.15) is 6.10 Å². The highest BCUT2D eigenvalue weighted by atomic mass is 16.5. The van der Waals surface area contributed by atoms with Crippen molar-refractivity contribution >= 4 is 11.8 Å². The van der Waals surface area contributed by atoms with E-state index in [2.05, 4.69) is 20.8 Å². The molecule has 0 radical (unpaired) electrons. The van der Waals surface area contributed by atoms with Gasteiger partial charge in [-0.15, -0.1) is 0 Å². The Morgan fingerprint density at radius 1 is 0.903 bits per heavy atom. The normalized spacial score (nSPS) is 46.3. The van der Waals surface area contributed by atoms with E-state index in [4.69, 9.17) is 4.74 Å². The summed E-state index contributed by atoms with van der Waals surface area (Å²) in [6.07, 6.45) is 7.91. The topological polar surface area (TPSA) is 43.4 Å². The van der Waals surface area contributed by atoms with E-state index in [-0.39, 0.29) is 46.4 Å². The predicted molar refractivity (Wildman–Crippen MR) is 119 cm³/mol. The van der Waals surface area contributed by atoms with Gasteiger partial charge in [0.15, 0.2) is 5.78 Å². The maximum Gasteiger partial charge on any atom is 0.309 e. The van der Waals surface area contributed by atoms with Gasteiger partial charge in [-0.2, -0.15) is 0 Å². The molecule has 9 atom stereocenters. The predicted octanol–water partition coefficient (Wildman–Crippen LogP) is 5.93. The van der Waals surface area contributed by atoms with E-state index in [1.54, 1.807) is 0 Å². The molecule has 6 fully saturated rings. The fourth-order valence-electron chi connectivity index (χ4n) is 9.01. The molecule has 6 saturated carbocycles. The Labute approximate surface area is 186 Å². The molecule has 0 spiro atoms. The number of Topliss-reactive ketones (excluding diaryl/α,β-unsaturated/α-hetero) is 1. The molecule has 0 unspecified atom stereocenters. The zero-order chi connectivity index (χ0) is 21.5. The third kappa shape index (κ3) is 2.70. The highest BCUT2D eigenvalue weighted by Gasteiger charge is 2.64. The van der Waals surface area contributed by atoms with Gasteiger partial charge >= 0.3 is 5.97 Å². The van der Waals surface area contributed by atoms with Gasteiger partial charge in [-0.05, 0) is 80.0 Å². The second-order valence-corrected chi connectivity index (χ2v) is 12.3. The molecule has 6 bridgehead atoms. The number of hydrogen-bond acceptors (Lipinski definition) is 3. The van der Waals surface area contributed by atoms with E-state index in [1.165, 1.54) is 19.3 Å². The van der Waals surface area contributed by atoms with Crippen molar-refractivity contribution in [2.45, 2.75) is 71.8 Å². The minimum atomic E-state index is -0.0729. The quantitative estimate of drug-likeness (QED) is 0.448. The largest absolute Gasteiger partial charge is 0.462 e. The summed E-state index contributed by atoms with van der Waals surface area (Å²) in [6, 6.07) is 9.75. The number of rotatable bonds is 4. The van der Waals surface area contributed by atoms with Gasteiger partial charge in [0.25, 0.3) is 0 Å². The van der Waals surface area contributed by atoms with E-state index < -0.39 is 0 Å². The van der Waals surface area contributed by atoms with Crippen molar-refractivity contribution in [3.05, 3.63) is 35.9 Å². The number of carbonyl (C=O) groups is 2. The van der Waals surface area contributed by atoms with Crippen LogP contribution in [0.2, 0.25) is 0 Å².